The van der Waals surface area contributed by atoms with E-state index < -0.39 is 0 Å². The average Bonchev–Trinajstić information content (AvgIpc) is 3.30. The molecule has 0 spiro atoms. The Balaban J connectivity index is 1.52. The molecule has 180 valence electrons. The third-order valence-corrected chi connectivity index (χ3v) is 6.25. The Morgan fingerprint density at radius 2 is 2.12 bits per heavy atom. The molecule has 34 heavy (non-hydrogen) atoms. The van der Waals surface area contributed by atoms with Gasteiger partial charge in [-0.3, -0.25) is 4.79 Å². The van der Waals surface area contributed by atoms with E-state index in [9.17, 15) is 4.79 Å². The molecule has 0 bridgehead atoms. The molecular formula is C26H31ClN4O3. The Morgan fingerprint density at radius 1 is 1.29 bits per heavy atom. The van der Waals surface area contributed by atoms with E-state index >= 15 is 0 Å². The van der Waals surface area contributed by atoms with Crippen LogP contribution < -0.4 is 10.1 Å². The number of rotatable bonds is 8. The monoisotopic (exact) mass is 482 g/mol. The standard InChI is InChI=1S/C26H31ClN4O3/c1-5-11-28-14-24(32)31-12-10-20-17(4)21(8-6-19(20)15-31)25-29-26(34-30-25)18-7-9-23(22(27)13-18)33-16(2)3/h6-9,13,16,28H,5,10-12,14-15H2,1-4H3. The van der Waals surface area contributed by atoms with Crippen LogP contribution in [0.5, 0.6) is 5.75 Å². The summed E-state index contributed by atoms with van der Waals surface area (Å²) in [6.45, 7) is 10.7. The molecule has 3 aromatic rings. The molecule has 7 nitrogen and oxygen atoms in total. The van der Waals surface area contributed by atoms with Crippen molar-refractivity contribution in [2.45, 2.75) is 53.2 Å². The van der Waals surface area contributed by atoms with E-state index in [1.807, 2.05) is 36.9 Å². The van der Waals surface area contributed by atoms with Crippen molar-refractivity contribution in [2.24, 2.45) is 0 Å². The molecule has 1 aromatic heterocycles. The van der Waals surface area contributed by atoms with Crippen molar-refractivity contribution in [1.82, 2.24) is 20.4 Å². The third kappa shape index (κ3) is 5.26. The molecule has 0 aliphatic carbocycles. The van der Waals surface area contributed by atoms with Crippen LogP contribution in [0.3, 0.4) is 0 Å². The average molecular weight is 483 g/mol. The molecule has 4 rings (SSSR count). The van der Waals surface area contributed by atoms with Crippen LogP contribution in [0.1, 0.15) is 43.9 Å². The smallest absolute Gasteiger partial charge is 0.258 e. The third-order valence-electron chi connectivity index (χ3n) is 5.95. The van der Waals surface area contributed by atoms with Crippen molar-refractivity contribution in [3.05, 3.63) is 52.0 Å². The molecule has 0 saturated carbocycles. The summed E-state index contributed by atoms with van der Waals surface area (Å²) in [7, 11) is 0. The normalized spacial score (nSPS) is 13.3. The zero-order chi connectivity index (χ0) is 24.2. The van der Waals surface area contributed by atoms with E-state index in [1.54, 1.807) is 6.07 Å². The van der Waals surface area contributed by atoms with Gasteiger partial charge >= 0.3 is 0 Å². The van der Waals surface area contributed by atoms with Crippen LogP contribution in [-0.4, -0.2) is 46.7 Å². The fraction of sp³-hybridized carbons (Fsp3) is 0.423. The number of benzene rings is 2. The van der Waals surface area contributed by atoms with Gasteiger partial charge in [0.2, 0.25) is 11.7 Å². The minimum Gasteiger partial charge on any atom is -0.489 e. The van der Waals surface area contributed by atoms with Crippen molar-refractivity contribution in [1.29, 1.82) is 0 Å². The SMILES string of the molecule is CCCNCC(=O)N1CCc2c(ccc(-c3noc(-c4ccc(OC(C)C)c(Cl)c4)n3)c2C)C1. The molecule has 1 aliphatic heterocycles. The number of nitrogens with zero attached hydrogens (tertiary/aromatic N) is 3. The Labute approximate surface area is 205 Å². The van der Waals surface area contributed by atoms with Gasteiger partial charge in [-0.15, -0.1) is 0 Å². The fourth-order valence-electron chi connectivity index (χ4n) is 4.21. The summed E-state index contributed by atoms with van der Waals surface area (Å²) in [5.41, 5.74) is 5.23. The van der Waals surface area contributed by atoms with E-state index in [0.717, 1.165) is 36.1 Å². The van der Waals surface area contributed by atoms with Gasteiger partial charge in [0, 0.05) is 24.2 Å². The summed E-state index contributed by atoms with van der Waals surface area (Å²) < 4.78 is 11.3. The van der Waals surface area contributed by atoms with Crippen LogP contribution in [-0.2, 0) is 17.8 Å². The predicted octanol–water partition coefficient (Wildman–Crippen LogP) is 5.04. The molecule has 0 radical (unpaired) electrons. The second kappa shape index (κ2) is 10.6. The minimum absolute atomic E-state index is 0.0354. The van der Waals surface area contributed by atoms with Gasteiger partial charge in [-0.2, -0.15) is 4.98 Å². The zero-order valence-electron chi connectivity index (χ0n) is 20.2. The lowest BCUT2D eigenvalue weighted by Crippen LogP contribution is -2.41. The van der Waals surface area contributed by atoms with E-state index in [-0.39, 0.29) is 12.0 Å². The highest BCUT2D eigenvalue weighted by Gasteiger charge is 2.24. The number of aromatic nitrogens is 2. The van der Waals surface area contributed by atoms with Crippen LogP contribution in [0.2, 0.25) is 5.02 Å². The number of hydrogen-bond donors (Lipinski definition) is 1. The van der Waals surface area contributed by atoms with Crippen molar-refractivity contribution in [3.8, 4) is 28.6 Å². The maximum atomic E-state index is 12.5. The summed E-state index contributed by atoms with van der Waals surface area (Å²) in [4.78, 5) is 19.1. The van der Waals surface area contributed by atoms with Crippen LogP contribution >= 0.6 is 11.6 Å². The summed E-state index contributed by atoms with van der Waals surface area (Å²) in [6, 6.07) is 9.54. The minimum atomic E-state index is 0.0354. The summed E-state index contributed by atoms with van der Waals surface area (Å²) >= 11 is 6.37. The Kier molecular flexibility index (Phi) is 7.54. The quantitative estimate of drug-likeness (QED) is 0.453. The van der Waals surface area contributed by atoms with Crippen LogP contribution in [0, 0.1) is 6.92 Å². The molecular weight excluding hydrogens is 452 g/mol. The molecule has 2 heterocycles. The zero-order valence-corrected chi connectivity index (χ0v) is 20.9. The van der Waals surface area contributed by atoms with Gasteiger partial charge < -0.3 is 19.5 Å². The van der Waals surface area contributed by atoms with Crippen molar-refractivity contribution < 1.29 is 14.1 Å². The lowest BCUT2D eigenvalue weighted by atomic mass is 9.91. The number of carbonyl (C=O) groups is 1. The lowest BCUT2D eigenvalue weighted by Gasteiger charge is -2.30. The second-order valence-electron chi connectivity index (χ2n) is 8.85. The highest BCUT2D eigenvalue weighted by molar-refractivity contribution is 6.32. The highest BCUT2D eigenvalue weighted by Crippen LogP contribution is 2.33. The first-order valence-electron chi connectivity index (χ1n) is 11.8. The molecule has 8 heteroatoms. The van der Waals surface area contributed by atoms with Crippen molar-refractivity contribution in [2.75, 3.05) is 19.6 Å². The molecule has 1 aliphatic rings. The van der Waals surface area contributed by atoms with Gasteiger partial charge in [0.05, 0.1) is 17.7 Å². The molecule has 0 fully saturated rings. The maximum Gasteiger partial charge on any atom is 0.258 e. The number of amides is 1. The topological polar surface area (TPSA) is 80.5 Å². The Hall–Kier alpha value is -2.90. The highest BCUT2D eigenvalue weighted by atomic mass is 35.5. The van der Waals surface area contributed by atoms with Gasteiger partial charge in [0.1, 0.15) is 5.75 Å². The van der Waals surface area contributed by atoms with Crippen LogP contribution in [0.4, 0.5) is 0 Å². The van der Waals surface area contributed by atoms with E-state index in [2.05, 4.69) is 35.4 Å². The van der Waals surface area contributed by atoms with Gasteiger partial charge in [0.15, 0.2) is 0 Å². The number of carbonyl (C=O) groups excluding carboxylic acids is 1. The van der Waals surface area contributed by atoms with Crippen molar-refractivity contribution in [3.63, 3.8) is 0 Å². The van der Waals surface area contributed by atoms with E-state index in [1.165, 1.54) is 11.1 Å². The molecule has 2 aromatic carbocycles. The summed E-state index contributed by atoms with van der Waals surface area (Å²) in [5, 5.41) is 7.92. The lowest BCUT2D eigenvalue weighted by molar-refractivity contribution is -0.131. The Bertz CT molecular complexity index is 1170. The number of nitrogens with one attached hydrogen (secondary N) is 1. The molecule has 0 atom stereocenters. The molecule has 1 amide bonds. The number of ether oxygens (including phenoxy) is 1. The maximum absolute atomic E-state index is 12.5. The van der Waals surface area contributed by atoms with Gasteiger partial charge in [-0.25, -0.2) is 0 Å². The van der Waals surface area contributed by atoms with Gasteiger partial charge in [0.25, 0.3) is 5.89 Å². The summed E-state index contributed by atoms with van der Waals surface area (Å²) in [6.07, 6.45) is 1.86. The number of hydrogen-bond acceptors (Lipinski definition) is 6. The van der Waals surface area contributed by atoms with Crippen LogP contribution in [0.25, 0.3) is 22.8 Å². The number of fused-ring (bicyclic) bond motifs is 1. The second-order valence-corrected chi connectivity index (χ2v) is 9.26. The predicted molar refractivity (Wildman–Crippen MR) is 133 cm³/mol. The molecule has 1 N–H and O–H groups in total. The molecule has 0 saturated heterocycles. The van der Waals surface area contributed by atoms with Gasteiger partial charge in [-0.1, -0.05) is 35.8 Å². The van der Waals surface area contributed by atoms with E-state index in [0.29, 0.717) is 42.1 Å². The first-order valence-corrected chi connectivity index (χ1v) is 12.2. The number of halogens is 1. The first-order chi connectivity index (χ1) is 16.4. The Morgan fingerprint density at radius 3 is 2.85 bits per heavy atom. The van der Waals surface area contributed by atoms with E-state index in [4.69, 9.17) is 20.9 Å². The molecule has 0 unspecified atom stereocenters. The van der Waals surface area contributed by atoms with Crippen LogP contribution in [0.15, 0.2) is 34.9 Å². The van der Waals surface area contributed by atoms with Crippen molar-refractivity contribution >= 4 is 17.5 Å². The van der Waals surface area contributed by atoms with Gasteiger partial charge in [-0.05, 0) is 75.0 Å². The fourth-order valence-corrected chi connectivity index (χ4v) is 4.44. The summed E-state index contributed by atoms with van der Waals surface area (Å²) in [5.74, 6) is 1.71. The first kappa shape index (κ1) is 24.2. The largest absolute Gasteiger partial charge is 0.489 e.